The molecule has 3 aliphatic rings. The van der Waals surface area contributed by atoms with Crippen molar-refractivity contribution in [3.63, 3.8) is 0 Å². The molecule has 1 spiro atoms. The second kappa shape index (κ2) is 14.1. The Morgan fingerprint density at radius 1 is 1.07 bits per heavy atom. The van der Waals surface area contributed by atoms with Gasteiger partial charge in [-0.25, -0.2) is 9.59 Å². The topological polar surface area (TPSA) is 146 Å². The van der Waals surface area contributed by atoms with E-state index in [9.17, 15) is 19.2 Å². The molecule has 1 aromatic rings. The number of urea groups is 1. The number of rotatable bonds is 10. The lowest BCUT2D eigenvalue weighted by molar-refractivity contribution is -0.137. The monoisotopic (exact) mass is 604 g/mol. The zero-order valence-electron chi connectivity index (χ0n) is 25.3. The molecule has 4 rings (SSSR count). The van der Waals surface area contributed by atoms with Crippen molar-refractivity contribution in [3.8, 4) is 0 Å². The molecule has 1 aromatic heterocycles. The summed E-state index contributed by atoms with van der Waals surface area (Å²) in [6, 6.07) is 2.72. The number of nitrogens with one attached hydrogen (secondary N) is 3. The number of hydrogen-bond donors (Lipinski definition) is 4. The van der Waals surface area contributed by atoms with Crippen molar-refractivity contribution in [3.05, 3.63) is 22.4 Å². The zero-order chi connectivity index (χ0) is 30.3. The molecule has 0 bridgehead atoms. The molecule has 3 atom stereocenters. The molecule has 2 aliphatic heterocycles. The van der Waals surface area contributed by atoms with Crippen LogP contribution < -0.4 is 21.7 Å². The van der Waals surface area contributed by atoms with Crippen LogP contribution in [0.1, 0.15) is 77.0 Å². The molecular weight excluding hydrogens is 556 g/mol. The van der Waals surface area contributed by atoms with Gasteiger partial charge in [-0.05, 0) is 89.0 Å². The number of amides is 5. The SMILES string of the molecule is CC(C)(C)OC(=O)NCCCC[C@@H](N)C(=O)N1CC[C@@H](NC(=O)N2CCC3(CC2)CC3)[C@@H](C(=O)NCc2cccs2)C1. The van der Waals surface area contributed by atoms with E-state index in [1.54, 1.807) is 16.2 Å². The first-order valence-corrected chi connectivity index (χ1v) is 16.2. The van der Waals surface area contributed by atoms with E-state index in [1.165, 1.54) is 12.8 Å². The van der Waals surface area contributed by atoms with Crippen molar-refractivity contribution in [2.24, 2.45) is 17.1 Å². The number of hydrogen-bond acceptors (Lipinski definition) is 7. The van der Waals surface area contributed by atoms with Gasteiger partial charge in [0, 0.05) is 43.6 Å². The summed E-state index contributed by atoms with van der Waals surface area (Å²) in [6.45, 7) is 8.40. The Morgan fingerprint density at radius 3 is 2.45 bits per heavy atom. The summed E-state index contributed by atoms with van der Waals surface area (Å²) in [4.78, 5) is 56.2. The second-order valence-corrected chi connectivity index (χ2v) is 14.1. The van der Waals surface area contributed by atoms with E-state index in [4.69, 9.17) is 10.5 Å². The van der Waals surface area contributed by atoms with E-state index in [1.807, 2.05) is 43.2 Å². The molecule has 3 heterocycles. The van der Waals surface area contributed by atoms with E-state index in [2.05, 4.69) is 16.0 Å². The summed E-state index contributed by atoms with van der Waals surface area (Å²) in [5, 5.41) is 10.8. The Bertz CT molecular complexity index is 1080. The maximum absolute atomic E-state index is 13.4. The molecule has 1 aliphatic carbocycles. The van der Waals surface area contributed by atoms with E-state index in [0.717, 1.165) is 30.8 Å². The average Bonchev–Trinajstić information content (AvgIpc) is 3.47. The van der Waals surface area contributed by atoms with Crippen molar-refractivity contribution in [2.75, 3.05) is 32.7 Å². The fourth-order valence-corrected chi connectivity index (χ4v) is 6.42. The number of likely N-dealkylation sites (tertiary alicyclic amines) is 2. The molecule has 1 saturated carbocycles. The molecule has 0 unspecified atom stereocenters. The fraction of sp³-hybridized carbons (Fsp3) is 0.733. The van der Waals surface area contributed by atoms with Gasteiger partial charge in [-0.1, -0.05) is 6.07 Å². The van der Waals surface area contributed by atoms with Gasteiger partial charge < -0.3 is 36.2 Å². The lowest BCUT2D eigenvalue weighted by atomic mass is 9.90. The Hall–Kier alpha value is -2.86. The number of unbranched alkanes of at least 4 members (excludes halogenated alkanes) is 1. The van der Waals surface area contributed by atoms with Crippen LogP contribution in [0, 0.1) is 11.3 Å². The van der Waals surface area contributed by atoms with Crippen molar-refractivity contribution >= 4 is 35.3 Å². The summed E-state index contributed by atoms with van der Waals surface area (Å²) >= 11 is 1.57. The van der Waals surface area contributed by atoms with Gasteiger partial charge in [0.05, 0.1) is 18.5 Å². The molecule has 12 heteroatoms. The third kappa shape index (κ3) is 9.32. The number of piperidine rings is 2. The first-order chi connectivity index (χ1) is 19.9. The van der Waals surface area contributed by atoms with E-state index in [-0.39, 0.29) is 30.4 Å². The smallest absolute Gasteiger partial charge is 0.407 e. The minimum Gasteiger partial charge on any atom is -0.444 e. The number of carbonyl (C=O) groups is 4. The van der Waals surface area contributed by atoms with Crippen LogP contribution >= 0.6 is 11.3 Å². The fourth-order valence-electron chi connectivity index (χ4n) is 5.77. The minimum atomic E-state index is -0.699. The van der Waals surface area contributed by atoms with Crippen LogP contribution in [0.15, 0.2) is 17.5 Å². The third-order valence-corrected chi connectivity index (χ3v) is 9.46. The van der Waals surface area contributed by atoms with Crippen LogP contribution in [-0.2, 0) is 20.9 Å². The van der Waals surface area contributed by atoms with Gasteiger partial charge in [-0.3, -0.25) is 9.59 Å². The third-order valence-electron chi connectivity index (χ3n) is 8.58. The normalized spacial score (nSPS) is 22.3. The standard InChI is InChI=1S/C30H48N6O5S/c1-29(2,3)41-28(40)32-14-5-4-8-23(31)26(38)36-15-9-24(22(20-36)25(37)33-19-21-7-6-18-42-21)34-27(39)35-16-12-30(10-11-30)13-17-35/h6-7,18,22-24H,4-5,8-17,19-20,31H2,1-3H3,(H,32,40)(H,33,37)(H,34,39)/t22-,23+,24+/m0/s1. The molecule has 11 nitrogen and oxygen atoms in total. The quantitative estimate of drug-likeness (QED) is 0.302. The average molecular weight is 605 g/mol. The molecule has 0 aromatic carbocycles. The number of thiophene rings is 1. The lowest BCUT2D eigenvalue weighted by Gasteiger charge is -2.40. The van der Waals surface area contributed by atoms with Gasteiger partial charge in [-0.2, -0.15) is 0 Å². The first-order valence-electron chi connectivity index (χ1n) is 15.3. The summed E-state index contributed by atoms with van der Waals surface area (Å²) in [6.07, 6.45) is 6.46. The van der Waals surface area contributed by atoms with Crippen LogP contribution in [0.5, 0.6) is 0 Å². The lowest BCUT2D eigenvalue weighted by Crippen LogP contribution is -2.60. The number of ether oxygens (including phenoxy) is 1. The number of nitrogens with two attached hydrogens (primary N) is 1. The molecule has 0 radical (unpaired) electrons. The molecule has 5 N–H and O–H groups in total. The largest absolute Gasteiger partial charge is 0.444 e. The highest BCUT2D eigenvalue weighted by molar-refractivity contribution is 7.09. The van der Waals surface area contributed by atoms with Gasteiger partial charge in [0.1, 0.15) is 5.60 Å². The number of carbonyl (C=O) groups excluding carboxylic acids is 4. The van der Waals surface area contributed by atoms with E-state index in [0.29, 0.717) is 50.7 Å². The van der Waals surface area contributed by atoms with Crippen molar-refractivity contribution in [2.45, 2.75) is 96.4 Å². The summed E-state index contributed by atoms with van der Waals surface area (Å²) in [5.74, 6) is -0.943. The Kier molecular flexibility index (Phi) is 10.7. The van der Waals surface area contributed by atoms with Crippen LogP contribution in [0.3, 0.4) is 0 Å². The van der Waals surface area contributed by atoms with Gasteiger partial charge >= 0.3 is 12.1 Å². The van der Waals surface area contributed by atoms with Gasteiger partial charge in [0.2, 0.25) is 11.8 Å². The summed E-state index contributed by atoms with van der Waals surface area (Å²) < 4.78 is 5.23. The molecule has 42 heavy (non-hydrogen) atoms. The zero-order valence-corrected chi connectivity index (χ0v) is 26.1. The Morgan fingerprint density at radius 2 is 1.81 bits per heavy atom. The van der Waals surface area contributed by atoms with Gasteiger partial charge in [-0.15, -0.1) is 11.3 Å². The van der Waals surface area contributed by atoms with Crippen molar-refractivity contribution < 1.29 is 23.9 Å². The summed E-state index contributed by atoms with van der Waals surface area (Å²) in [7, 11) is 0. The second-order valence-electron chi connectivity index (χ2n) is 13.1. The predicted octanol–water partition coefficient (Wildman–Crippen LogP) is 3.19. The molecule has 234 valence electrons. The first kappa shape index (κ1) is 32.1. The minimum absolute atomic E-state index is 0.122. The van der Waals surface area contributed by atoms with Crippen LogP contribution in [0.2, 0.25) is 0 Å². The molecule has 3 fully saturated rings. The van der Waals surface area contributed by atoms with Gasteiger partial charge in [0.15, 0.2) is 0 Å². The van der Waals surface area contributed by atoms with Crippen molar-refractivity contribution in [1.29, 1.82) is 0 Å². The number of alkyl carbamates (subject to hydrolysis) is 1. The Balaban J connectivity index is 1.27. The van der Waals surface area contributed by atoms with Gasteiger partial charge in [0.25, 0.3) is 0 Å². The summed E-state index contributed by atoms with van der Waals surface area (Å²) in [5.41, 5.74) is 6.20. The Labute approximate surface area is 253 Å². The molecular formula is C30H48N6O5S. The van der Waals surface area contributed by atoms with Crippen molar-refractivity contribution in [1.82, 2.24) is 25.8 Å². The van der Waals surface area contributed by atoms with E-state index >= 15 is 0 Å². The van der Waals surface area contributed by atoms with Crippen LogP contribution in [0.25, 0.3) is 0 Å². The maximum atomic E-state index is 13.4. The highest BCUT2D eigenvalue weighted by atomic mass is 32.1. The van der Waals surface area contributed by atoms with Crippen LogP contribution in [0.4, 0.5) is 9.59 Å². The highest BCUT2D eigenvalue weighted by Crippen LogP contribution is 2.53. The van der Waals surface area contributed by atoms with Crippen LogP contribution in [-0.4, -0.2) is 84.1 Å². The number of nitrogens with zero attached hydrogens (tertiary/aromatic N) is 2. The predicted molar refractivity (Wildman–Crippen MR) is 162 cm³/mol. The van der Waals surface area contributed by atoms with E-state index < -0.39 is 23.7 Å². The molecule has 2 saturated heterocycles. The maximum Gasteiger partial charge on any atom is 0.407 e. The highest BCUT2D eigenvalue weighted by Gasteiger charge is 2.45. The molecule has 5 amide bonds.